The maximum Gasteiger partial charge on any atom is 0.263 e. The van der Waals surface area contributed by atoms with Crippen molar-refractivity contribution >= 4 is 44.9 Å². The van der Waals surface area contributed by atoms with Gasteiger partial charge in [-0.15, -0.1) is 11.3 Å². The Morgan fingerprint density at radius 1 is 1.18 bits per heavy atom. The van der Waals surface area contributed by atoms with Crippen molar-refractivity contribution in [2.45, 2.75) is 53.2 Å². The van der Waals surface area contributed by atoms with Gasteiger partial charge in [-0.3, -0.25) is 19.0 Å². The van der Waals surface area contributed by atoms with Crippen LogP contribution in [0, 0.1) is 27.7 Å². The number of nitrogens with zero attached hydrogens (tertiary/aromatic N) is 2. The van der Waals surface area contributed by atoms with Gasteiger partial charge in [0.15, 0.2) is 16.7 Å². The molecule has 3 aromatic heterocycles. The second-order valence-corrected chi connectivity index (χ2v) is 8.95. The van der Waals surface area contributed by atoms with Crippen LogP contribution >= 0.6 is 23.1 Å². The van der Waals surface area contributed by atoms with Gasteiger partial charge >= 0.3 is 0 Å². The summed E-state index contributed by atoms with van der Waals surface area (Å²) in [6.45, 7) is 11.4. The number of carbonyl (C=O) groups is 2. The van der Waals surface area contributed by atoms with Crippen molar-refractivity contribution in [3.8, 4) is 0 Å². The summed E-state index contributed by atoms with van der Waals surface area (Å²) in [5.41, 5.74) is 3.31. The van der Waals surface area contributed by atoms with E-state index in [1.807, 2.05) is 20.8 Å². The van der Waals surface area contributed by atoms with E-state index in [1.54, 1.807) is 18.4 Å². The largest absolute Gasteiger partial charge is 0.355 e. The topological polar surface area (TPSA) is 84.8 Å². The van der Waals surface area contributed by atoms with Crippen LogP contribution in [-0.2, 0) is 6.54 Å². The van der Waals surface area contributed by atoms with Gasteiger partial charge in [0, 0.05) is 22.7 Å². The average molecular weight is 418 g/mol. The van der Waals surface area contributed by atoms with Crippen molar-refractivity contribution in [3.05, 3.63) is 43.3 Å². The molecule has 0 fully saturated rings. The standard InChI is InChI=1S/C20H23N3O3S2/c1-7-23-19(26)16-9(2)13(6)28-18(16)22-20(23)27-8-14(25)17-10(3)15(12(5)24)11(4)21-17/h21H,7-8H2,1-6H3. The zero-order valence-corrected chi connectivity index (χ0v) is 18.5. The molecule has 0 saturated carbocycles. The van der Waals surface area contributed by atoms with E-state index in [0.717, 1.165) is 10.4 Å². The number of Topliss-reactive ketones (excluding diaryl/α,β-unsaturated/α-hetero) is 2. The van der Waals surface area contributed by atoms with E-state index in [1.165, 1.54) is 30.0 Å². The Morgan fingerprint density at radius 2 is 1.86 bits per heavy atom. The van der Waals surface area contributed by atoms with Crippen molar-refractivity contribution in [1.29, 1.82) is 0 Å². The monoisotopic (exact) mass is 417 g/mol. The SMILES string of the molecule is CCn1c(SCC(=O)c2[nH]c(C)c(C(C)=O)c2C)nc2sc(C)c(C)c2c1=O. The molecule has 0 amide bonds. The average Bonchev–Trinajstić information content (AvgIpc) is 3.08. The number of nitrogens with one attached hydrogen (secondary N) is 1. The lowest BCUT2D eigenvalue weighted by Crippen LogP contribution is -2.22. The number of rotatable bonds is 6. The normalized spacial score (nSPS) is 11.4. The molecule has 0 atom stereocenters. The molecule has 0 radical (unpaired) electrons. The molecule has 0 aliphatic rings. The van der Waals surface area contributed by atoms with Gasteiger partial charge in [-0.1, -0.05) is 11.8 Å². The third kappa shape index (κ3) is 3.35. The van der Waals surface area contributed by atoms with E-state index >= 15 is 0 Å². The summed E-state index contributed by atoms with van der Waals surface area (Å²) in [4.78, 5) is 46.9. The molecule has 28 heavy (non-hydrogen) atoms. The van der Waals surface area contributed by atoms with Crippen LogP contribution in [-0.4, -0.2) is 31.9 Å². The summed E-state index contributed by atoms with van der Waals surface area (Å²) in [6, 6.07) is 0. The molecule has 0 spiro atoms. The second kappa shape index (κ2) is 7.67. The fraction of sp³-hybridized carbons (Fsp3) is 0.400. The van der Waals surface area contributed by atoms with E-state index in [2.05, 4.69) is 9.97 Å². The summed E-state index contributed by atoms with van der Waals surface area (Å²) < 4.78 is 1.62. The number of H-pyrrole nitrogens is 1. The third-order valence-corrected chi connectivity index (χ3v) is 7.05. The van der Waals surface area contributed by atoms with Crippen LogP contribution in [0.4, 0.5) is 0 Å². The number of hydrogen-bond donors (Lipinski definition) is 1. The summed E-state index contributed by atoms with van der Waals surface area (Å²) in [5.74, 6) is -0.0404. The first kappa shape index (κ1) is 20.5. The molecule has 3 aromatic rings. The minimum absolute atomic E-state index is 0.0601. The van der Waals surface area contributed by atoms with E-state index in [9.17, 15) is 14.4 Å². The summed E-state index contributed by atoms with van der Waals surface area (Å²) >= 11 is 2.76. The number of thiophene rings is 1. The van der Waals surface area contributed by atoms with Gasteiger partial charge in [0.25, 0.3) is 5.56 Å². The van der Waals surface area contributed by atoms with E-state index in [0.29, 0.717) is 44.4 Å². The van der Waals surface area contributed by atoms with Gasteiger partial charge in [-0.25, -0.2) is 4.98 Å². The highest BCUT2D eigenvalue weighted by Gasteiger charge is 2.21. The smallest absolute Gasteiger partial charge is 0.263 e. The quantitative estimate of drug-likeness (QED) is 0.369. The lowest BCUT2D eigenvalue weighted by Gasteiger charge is -2.09. The highest BCUT2D eigenvalue weighted by atomic mass is 32.2. The van der Waals surface area contributed by atoms with Crippen LogP contribution < -0.4 is 5.56 Å². The molecule has 148 valence electrons. The van der Waals surface area contributed by atoms with Gasteiger partial charge in [-0.2, -0.15) is 0 Å². The number of ketones is 2. The Balaban J connectivity index is 1.94. The Kier molecular flexibility index (Phi) is 5.63. The van der Waals surface area contributed by atoms with Crippen molar-refractivity contribution in [3.63, 3.8) is 0 Å². The van der Waals surface area contributed by atoms with Gasteiger partial charge < -0.3 is 4.98 Å². The Morgan fingerprint density at radius 3 is 2.43 bits per heavy atom. The first-order valence-electron chi connectivity index (χ1n) is 9.03. The number of aromatic amines is 1. The van der Waals surface area contributed by atoms with Crippen LogP contribution in [0.15, 0.2) is 9.95 Å². The molecule has 8 heteroatoms. The Labute approximate surface area is 171 Å². The number of thioether (sulfide) groups is 1. The van der Waals surface area contributed by atoms with Crippen molar-refractivity contribution in [1.82, 2.24) is 14.5 Å². The van der Waals surface area contributed by atoms with Crippen molar-refractivity contribution in [2.24, 2.45) is 0 Å². The van der Waals surface area contributed by atoms with Crippen LogP contribution in [0.1, 0.15) is 56.4 Å². The van der Waals surface area contributed by atoms with Gasteiger partial charge in [0.05, 0.1) is 16.8 Å². The molecule has 0 aliphatic heterocycles. The van der Waals surface area contributed by atoms with Crippen molar-refractivity contribution in [2.75, 3.05) is 5.75 Å². The highest BCUT2D eigenvalue weighted by molar-refractivity contribution is 7.99. The fourth-order valence-electron chi connectivity index (χ4n) is 3.46. The molecule has 0 bridgehead atoms. The van der Waals surface area contributed by atoms with Crippen LogP contribution in [0.5, 0.6) is 0 Å². The summed E-state index contributed by atoms with van der Waals surface area (Å²) in [5, 5.41) is 1.21. The summed E-state index contributed by atoms with van der Waals surface area (Å²) in [7, 11) is 0. The number of aromatic nitrogens is 3. The number of aryl methyl sites for hydroxylation is 3. The Bertz CT molecular complexity index is 1170. The zero-order valence-electron chi connectivity index (χ0n) is 16.8. The fourth-order valence-corrected chi connectivity index (χ4v) is 5.46. The molecular weight excluding hydrogens is 394 g/mol. The molecule has 0 saturated heterocycles. The van der Waals surface area contributed by atoms with Crippen LogP contribution in [0.3, 0.4) is 0 Å². The predicted octanol–water partition coefficient (Wildman–Crippen LogP) is 4.22. The molecule has 0 aromatic carbocycles. The van der Waals surface area contributed by atoms with Gasteiger partial charge in [0.1, 0.15) is 4.83 Å². The summed E-state index contributed by atoms with van der Waals surface area (Å²) in [6.07, 6.45) is 0. The lowest BCUT2D eigenvalue weighted by molar-refractivity contribution is 0.101. The first-order chi connectivity index (χ1) is 13.2. The molecule has 3 rings (SSSR count). The van der Waals surface area contributed by atoms with Gasteiger partial charge in [0.2, 0.25) is 0 Å². The second-order valence-electron chi connectivity index (χ2n) is 6.80. The van der Waals surface area contributed by atoms with Gasteiger partial charge in [-0.05, 0) is 52.7 Å². The van der Waals surface area contributed by atoms with Crippen LogP contribution in [0.2, 0.25) is 0 Å². The number of fused-ring (bicyclic) bond motifs is 1. The lowest BCUT2D eigenvalue weighted by atomic mass is 10.1. The Hall–Kier alpha value is -2.19. The first-order valence-corrected chi connectivity index (χ1v) is 10.8. The molecule has 1 N–H and O–H groups in total. The molecule has 0 aliphatic carbocycles. The minimum Gasteiger partial charge on any atom is -0.355 e. The van der Waals surface area contributed by atoms with E-state index < -0.39 is 0 Å². The van der Waals surface area contributed by atoms with Crippen LogP contribution in [0.25, 0.3) is 10.2 Å². The van der Waals surface area contributed by atoms with E-state index in [4.69, 9.17) is 0 Å². The zero-order chi connectivity index (χ0) is 20.7. The number of hydrogen-bond acceptors (Lipinski definition) is 6. The maximum atomic E-state index is 12.9. The maximum absolute atomic E-state index is 12.9. The number of carbonyl (C=O) groups excluding carboxylic acids is 2. The van der Waals surface area contributed by atoms with Crippen molar-refractivity contribution < 1.29 is 9.59 Å². The predicted molar refractivity (Wildman–Crippen MR) is 114 cm³/mol. The molecular formula is C20H23N3O3S2. The minimum atomic E-state index is -0.117. The molecule has 6 nitrogen and oxygen atoms in total. The highest BCUT2D eigenvalue weighted by Crippen LogP contribution is 2.29. The molecule has 3 heterocycles. The third-order valence-electron chi connectivity index (χ3n) is 4.97. The van der Waals surface area contributed by atoms with E-state index in [-0.39, 0.29) is 22.9 Å². The molecule has 0 unspecified atom stereocenters.